The quantitative estimate of drug-likeness (QED) is 0.276. The number of benzene rings is 2. The van der Waals surface area contributed by atoms with E-state index in [1.165, 1.54) is 13.2 Å². The maximum Gasteiger partial charge on any atom is 0.311 e. The SMILES string of the molecule is COc1ccc(/C=C2/NC(=S)N(CC(C)C)C2=O)cc1COc1ccc(C)cc1[N+](=O)[O-]. The highest BCUT2D eigenvalue weighted by Crippen LogP contribution is 2.30. The molecule has 1 aliphatic rings. The van der Waals surface area contributed by atoms with Gasteiger partial charge in [0.1, 0.15) is 18.1 Å². The van der Waals surface area contributed by atoms with E-state index >= 15 is 0 Å². The van der Waals surface area contributed by atoms with E-state index in [1.54, 1.807) is 36.1 Å². The second kappa shape index (κ2) is 9.78. The van der Waals surface area contributed by atoms with Gasteiger partial charge in [0.25, 0.3) is 5.91 Å². The zero-order chi connectivity index (χ0) is 23.4. The van der Waals surface area contributed by atoms with Gasteiger partial charge in [0.2, 0.25) is 0 Å². The number of nitro groups is 1. The van der Waals surface area contributed by atoms with Crippen LogP contribution >= 0.6 is 12.2 Å². The Morgan fingerprint density at radius 1 is 1.22 bits per heavy atom. The molecule has 3 rings (SSSR count). The van der Waals surface area contributed by atoms with Crippen LogP contribution < -0.4 is 14.8 Å². The number of nitrogens with one attached hydrogen (secondary N) is 1. The number of aryl methyl sites for hydroxylation is 1. The van der Waals surface area contributed by atoms with Gasteiger partial charge in [0.15, 0.2) is 10.9 Å². The van der Waals surface area contributed by atoms with Gasteiger partial charge >= 0.3 is 5.69 Å². The fourth-order valence-corrected chi connectivity index (χ4v) is 3.59. The summed E-state index contributed by atoms with van der Waals surface area (Å²) in [6.45, 7) is 6.42. The lowest BCUT2D eigenvalue weighted by atomic mass is 10.1. The molecule has 0 atom stereocenters. The maximum atomic E-state index is 12.7. The average molecular weight is 456 g/mol. The molecule has 1 N–H and O–H groups in total. The van der Waals surface area contributed by atoms with E-state index in [0.29, 0.717) is 28.7 Å². The number of carbonyl (C=O) groups is 1. The van der Waals surface area contributed by atoms with Crippen molar-refractivity contribution in [2.45, 2.75) is 27.4 Å². The van der Waals surface area contributed by atoms with Crippen LogP contribution in [0, 0.1) is 23.0 Å². The van der Waals surface area contributed by atoms with Gasteiger partial charge in [-0.15, -0.1) is 0 Å². The van der Waals surface area contributed by atoms with Gasteiger partial charge in [-0.3, -0.25) is 19.8 Å². The fraction of sp³-hybridized carbons (Fsp3) is 0.304. The third-order valence-corrected chi connectivity index (χ3v) is 5.14. The zero-order valence-corrected chi connectivity index (χ0v) is 19.2. The molecule has 8 nitrogen and oxygen atoms in total. The number of carbonyl (C=O) groups excluding carboxylic acids is 1. The molecule has 0 unspecified atom stereocenters. The number of amides is 1. The summed E-state index contributed by atoms with van der Waals surface area (Å²) in [6.07, 6.45) is 1.71. The minimum atomic E-state index is -0.469. The Morgan fingerprint density at radius 3 is 2.59 bits per heavy atom. The molecule has 9 heteroatoms. The number of nitro benzene ring substituents is 1. The summed E-state index contributed by atoms with van der Waals surface area (Å²) >= 11 is 5.29. The molecule has 0 aromatic heterocycles. The molecule has 2 aromatic rings. The molecule has 2 aromatic carbocycles. The monoisotopic (exact) mass is 455 g/mol. The summed E-state index contributed by atoms with van der Waals surface area (Å²) in [5, 5.41) is 14.7. The molecule has 1 aliphatic heterocycles. The van der Waals surface area contributed by atoms with Gasteiger partial charge in [-0.25, -0.2) is 0 Å². The minimum Gasteiger partial charge on any atom is -0.496 e. The first-order valence-corrected chi connectivity index (χ1v) is 10.5. The largest absolute Gasteiger partial charge is 0.496 e. The van der Waals surface area contributed by atoms with Crippen LogP contribution in [0.2, 0.25) is 0 Å². The number of thiocarbonyl (C=S) groups is 1. The van der Waals surface area contributed by atoms with Crippen LogP contribution in [0.25, 0.3) is 6.08 Å². The molecule has 0 saturated carbocycles. The number of hydrogen-bond acceptors (Lipinski definition) is 6. The van der Waals surface area contributed by atoms with Crippen molar-refractivity contribution in [2.24, 2.45) is 5.92 Å². The summed E-state index contributed by atoms with van der Waals surface area (Å²) in [4.78, 5) is 25.1. The number of rotatable bonds is 8. The average Bonchev–Trinajstić information content (AvgIpc) is 2.99. The van der Waals surface area contributed by atoms with E-state index in [1.807, 2.05) is 26.0 Å². The van der Waals surface area contributed by atoms with Crippen LogP contribution in [0.3, 0.4) is 0 Å². The molecular weight excluding hydrogens is 430 g/mol. The Morgan fingerprint density at radius 2 is 1.94 bits per heavy atom. The third kappa shape index (κ3) is 5.23. The molecule has 168 valence electrons. The van der Waals surface area contributed by atoms with Crippen molar-refractivity contribution >= 4 is 35.0 Å². The second-order valence-electron chi connectivity index (χ2n) is 7.89. The van der Waals surface area contributed by atoms with Crippen LogP contribution in [0.4, 0.5) is 5.69 Å². The van der Waals surface area contributed by atoms with E-state index in [4.69, 9.17) is 21.7 Å². The molecule has 1 fully saturated rings. The lowest BCUT2D eigenvalue weighted by Gasteiger charge is -2.16. The minimum absolute atomic E-state index is 0.0589. The number of hydrogen-bond donors (Lipinski definition) is 1. The van der Waals surface area contributed by atoms with Gasteiger partial charge in [0, 0.05) is 18.2 Å². The highest BCUT2D eigenvalue weighted by molar-refractivity contribution is 7.80. The smallest absolute Gasteiger partial charge is 0.311 e. The summed E-state index contributed by atoms with van der Waals surface area (Å²) in [5.74, 6) is 0.861. The maximum absolute atomic E-state index is 12.7. The lowest BCUT2D eigenvalue weighted by Crippen LogP contribution is -2.33. The van der Waals surface area contributed by atoms with E-state index < -0.39 is 4.92 Å². The highest BCUT2D eigenvalue weighted by Gasteiger charge is 2.30. The summed E-state index contributed by atoms with van der Waals surface area (Å²) in [6, 6.07) is 10.2. The van der Waals surface area contributed by atoms with E-state index in [0.717, 1.165) is 11.1 Å². The Balaban J connectivity index is 1.84. The highest BCUT2D eigenvalue weighted by atomic mass is 32.1. The molecule has 1 saturated heterocycles. The predicted octanol–water partition coefficient (Wildman–Crippen LogP) is 4.20. The molecule has 0 aliphatic carbocycles. The first kappa shape index (κ1) is 23.2. The van der Waals surface area contributed by atoms with Gasteiger partial charge < -0.3 is 14.8 Å². The van der Waals surface area contributed by atoms with Crippen LogP contribution in [-0.4, -0.2) is 34.5 Å². The number of nitrogens with zero attached hydrogens (tertiary/aromatic N) is 2. The van der Waals surface area contributed by atoms with Crippen molar-refractivity contribution in [1.29, 1.82) is 0 Å². The summed E-state index contributed by atoms with van der Waals surface area (Å²) in [7, 11) is 1.54. The summed E-state index contributed by atoms with van der Waals surface area (Å²) in [5.41, 5.74) is 2.49. The normalized spacial score (nSPS) is 14.8. The van der Waals surface area contributed by atoms with Gasteiger partial charge in [-0.2, -0.15) is 0 Å². The summed E-state index contributed by atoms with van der Waals surface area (Å²) < 4.78 is 11.2. The first-order chi connectivity index (χ1) is 15.2. The van der Waals surface area contributed by atoms with Crippen molar-refractivity contribution < 1.29 is 19.2 Å². The molecule has 0 spiro atoms. The van der Waals surface area contributed by atoms with Crippen LogP contribution in [0.1, 0.15) is 30.5 Å². The Bertz CT molecular complexity index is 1100. The topological polar surface area (TPSA) is 93.9 Å². The molecular formula is C23H25N3O5S. The lowest BCUT2D eigenvalue weighted by molar-refractivity contribution is -0.386. The van der Waals surface area contributed by atoms with Crippen LogP contribution in [-0.2, 0) is 11.4 Å². The van der Waals surface area contributed by atoms with E-state index in [-0.39, 0.29) is 29.9 Å². The van der Waals surface area contributed by atoms with E-state index in [2.05, 4.69) is 5.32 Å². The molecule has 32 heavy (non-hydrogen) atoms. The standard InChI is InChI=1S/C23H25N3O5S/c1-14(2)12-25-22(27)18(24-23(25)32)11-16-6-8-20(30-4)17(10-16)13-31-21-7-5-15(3)9-19(21)26(28)29/h5-11,14H,12-13H2,1-4H3,(H,24,32)/b18-11+. The molecule has 0 radical (unpaired) electrons. The Kier molecular flexibility index (Phi) is 7.09. The molecule has 0 bridgehead atoms. The number of ether oxygens (including phenoxy) is 2. The predicted molar refractivity (Wildman–Crippen MR) is 125 cm³/mol. The Labute approximate surface area is 192 Å². The third-order valence-electron chi connectivity index (χ3n) is 4.82. The van der Waals surface area contributed by atoms with Crippen molar-refractivity contribution in [3.63, 3.8) is 0 Å². The molecule has 1 heterocycles. The van der Waals surface area contributed by atoms with Crippen molar-refractivity contribution in [2.75, 3.05) is 13.7 Å². The van der Waals surface area contributed by atoms with Crippen molar-refractivity contribution in [1.82, 2.24) is 10.2 Å². The Hall–Kier alpha value is -3.46. The second-order valence-corrected chi connectivity index (χ2v) is 8.27. The van der Waals surface area contributed by atoms with Gasteiger partial charge in [-0.05, 0) is 60.5 Å². The van der Waals surface area contributed by atoms with Crippen molar-refractivity contribution in [3.8, 4) is 11.5 Å². The van der Waals surface area contributed by atoms with Crippen LogP contribution in [0.15, 0.2) is 42.1 Å². The van der Waals surface area contributed by atoms with Gasteiger partial charge in [0.05, 0.1) is 12.0 Å². The zero-order valence-electron chi connectivity index (χ0n) is 18.4. The fourth-order valence-electron chi connectivity index (χ4n) is 3.32. The first-order valence-electron chi connectivity index (χ1n) is 10.1. The van der Waals surface area contributed by atoms with Crippen LogP contribution in [0.5, 0.6) is 11.5 Å². The molecule has 1 amide bonds. The van der Waals surface area contributed by atoms with Gasteiger partial charge in [-0.1, -0.05) is 26.0 Å². The van der Waals surface area contributed by atoms with Crippen molar-refractivity contribution in [3.05, 3.63) is 68.9 Å². The number of methoxy groups -OCH3 is 1. The van der Waals surface area contributed by atoms with E-state index in [9.17, 15) is 14.9 Å².